The highest BCUT2D eigenvalue weighted by Gasteiger charge is 2.07. The second kappa shape index (κ2) is 9.86. The lowest BCUT2D eigenvalue weighted by molar-refractivity contribution is -0.118. The number of nitrogens with two attached hydrogens (primary N) is 1. The summed E-state index contributed by atoms with van der Waals surface area (Å²) >= 11 is 0. The van der Waals surface area contributed by atoms with Crippen LogP contribution in [0.2, 0.25) is 0 Å². The van der Waals surface area contributed by atoms with Crippen LogP contribution in [0.4, 0.5) is 5.69 Å². The number of carbonyl (C=O) groups is 2. The van der Waals surface area contributed by atoms with Crippen LogP contribution in [0.5, 0.6) is 17.2 Å². The third-order valence-corrected chi connectivity index (χ3v) is 3.60. The van der Waals surface area contributed by atoms with Crippen LogP contribution < -0.4 is 25.3 Å². The van der Waals surface area contributed by atoms with Gasteiger partial charge in [0, 0.05) is 11.6 Å². The second-order valence-corrected chi connectivity index (χ2v) is 5.49. The number of primary amides is 1. The minimum absolute atomic E-state index is 0.0951. The van der Waals surface area contributed by atoms with Crippen molar-refractivity contribution in [1.29, 1.82) is 0 Å². The Morgan fingerprint density at radius 2 is 1.85 bits per heavy atom. The molecule has 2 amide bonds. The molecular formula is C20H22N2O5. The van der Waals surface area contributed by atoms with Gasteiger partial charge in [0.05, 0.1) is 32.9 Å². The zero-order valence-electron chi connectivity index (χ0n) is 15.2. The molecule has 0 saturated carbocycles. The van der Waals surface area contributed by atoms with Gasteiger partial charge in [-0.25, -0.2) is 0 Å². The van der Waals surface area contributed by atoms with E-state index in [4.69, 9.17) is 19.9 Å². The number of para-hydroxylation sites is 2. The number of rotatable bonds is 9. The van der Waals surface area contributed by atoms with Crippen LogP contribution in [0.3, 0.4) is 0 Å². The first-order valence-corrected chi connectivity index (χ1v) is 8.24. The Morgan fingerprint density at radius 1 is 1.07 bits per heavy atom. The Bertz CT molecular complexity index is 833. The van der Waals surface area contributed by atoms with Gasteiger partial charge >= 0.3 is 0 Å². The highest BCUT2D eigenvalue weighted by Crippen LogP contribution is 2.26. The van der Waals surface area contributed by atoms with Crippen molar-refractivity contribution in [3.8, 4) is 17.2 Å². The molecule has 2 rings (SSSR count). The largest absolute Gasteiger partial charge is 0.497 e. The predicted octanol–water partition coefficient (Wildman–Crippen LogP) is 2.61. The molecule has 0 fully saturated rings. The molecule has 2 aromatic rings. The maximum absolute atomic E-state index is 12.3. The first-order chi connectivity index (χ1) is 13.0. The van der Waals surface area contributed by atoms with E-state index in [-0.39, 0.29) is 18.9 Å². The number of ether oxygens (including phenoxy) is 3. The third kappa shape index (κ3) is 6.07. The molecule has 3 N–H and O–H groups in total. The standard InChI is InChI=1S/C20H22N2O5/c1-25-15-8-9-17(26-2)14(13-15)7-10-20(24)22-16-5-3-4-6-18(16)27-12-11-19(21)23/h3-10,13H,11-12H2,1-2H3,(H2,21,23)(H,22,24)/b10-7+. The lowest BCUT2D eigenvalue weighted by Gasteiger charge is -2.11. The molecule has 0 heterocycles. The van der Waals surface area contributed by atoms with E-state index >= 15 is 0 Å². The van der Waals surface area contributed by atoms with Crippen molar-refractivity contribution in [3.05, 3.63) is 54.1 Å². The summed E-state index contributed by atoms with van der Waals surface area (Å²) in [7, 11) is 3.12. The number of carbonyl (C=O) groups excluding carboxylic acids is 2. The molecular weight excluding hydrogens is 348 g/mol. The molecule has 7 nitrogen and oxygen atoms in total. The summed E-state index contributed by atoms with van der Waals surface area (Å²) in [4.78, 5) is 23.1. The molecule has 0 radical (unpaired) electrons. The zero-order chi connectivity index (χ0) is 19.6. The molecule has 0 aliphatic rings. The van der Waals surface area contributed by atoms with Crippen LogP contribution in [0.1, 0.15) is 12.0 Å². The van der Waals surface area contributed by atoms with E-state index in [1.807, 2.05) is 0 Å². The summed E-state index contributed by atoms with van der Waals surface area (Å²) in [5.74, 6) is 0.941. The number of methoxy groups -OCH3 is 2. The fourth-order valence-electron chi connectivity index (χ4n) is 2.27. The topological polar surface area (TPSA) is 99.9 Å². The van der Waals surface area contributed by atoms with Gasteiger partial charge in [0.1, 0.15) is 17.2 Å². The van der Waals surface area contributed by atoms with E-state index in [1.165, 1.54) is 6.08 Å². The van der Waals surface area contributed by atoms with Gasteiger partial charge in [-0.15, -0.1) is 0 Å². The average Bonchev–Trinajstić information content (AvgIpc) is 2.67. The normalized spacial score (nSPS) is 10.4. The van der Waals surface area contributed by atoms with Crippen molar-refractivity contribution in [2.75, 3.05) is 26.1 Å². The van der Waals surface area contributed by atoms with Crippen molar-refractivity contribution in [2.45, 2.75) is 6.42 Å². The van der Waals surface area contributed by atoms with Gasteiger partial charge in [-0.1, -0.05) is 12.1 Å². The van der Waals surface area contributed by atoms with E-state index in [2.05, 4.69) is 5.32 Å². The number of nitrogens with one attached hydrogen (secondary N) is 1. The smallest absolute Gasteiger partial charge is 0.248 e. The van der Waals surface area contributed by atoms with Crippen LogP contribution in [-0.2, 0) is 9.59 Å². The van der Waals surface area contributed by atoms with E-state index in [1.54, 1.807) is 62.8 Å². The molecule has 0 bridgehead atoms. The Morgan fingerprint density at radius 3 is 2.56 bits per heavy atom. The summed E-state index contributed by atoms with van der Waals surface area (Å²) in [5.41, 5.74) is 6.30. The number of hydrogen-bond acceptors (Lipinski definition) is 5. The van der Waals surface area contributed by atoms with Crippen LogP contribution in [0.15, 0.2) is 48.5 Å². The highest BCUT2D eigenvalue weighted by molar-refractivity contribution is 6.03. The SMILES string of the molecule is COc1ccc(OC)c(/C=C/C(=O)Nc2ccccc2OCCC(N)=O)c1. The molecule has 0 aliphatic heterocycles. The quantitative estimate of drug-likeness (QED) is 0.661. The Balaban J connectivity index is 2.08. The monoisotopic (exact) mass is 370 g/mol. The molecule has 2 aromatic carbocycles. The van der Waals surface area contributed by atoms with Crippen LogP contribution >= 0.6 is 0 Å². The van der Waals surface area contributed by atoms with Crippen molar-refractivity contribution in [1.82, 2.24) is 0 Å². The summed E-state index contributed by atoms with van der Waals surface area (Å²) in [6, 6.07) is 12.2. The molecule has 0 aliphatic carbocycles. The predicted molar refractivity (Wildman–Crippen MR) is 103 cm³/mol. The van der Waals surface area contributed by atoms with Crippen LogP contribution in [0, 0.1) is 0 Å². The molecule has 0 atom stereocenters. The molecule has 0 unspecified atom stereocenters. The maximum Gasteiger partial charge on any atom is 0.248 e. The van der Waals surface area contributed by atoms with Gasteiger partial charge in [-0.05, 0) is 36.4 Å². The summed E-state index contributed by atoms with van der Waals surface area (Å²) in [5, 5.41) is 2.75. The average molecular weight is 370 g/mol. The first-order valence-electron chi connectivity index (χ1n) is 8.24. The maximum atomic E-state index is 12.3. The van der Waals surface area contributed by atoms with Gasteiger partial charge in [0.2, 0.25) is 11.8 Å². The summed E-state index contributed by atoms with van der Waals surface area (Å²) in [6.45, 7) is 0.138. The molecule has 7 heteroatoms. The van der Waals surface area contributed by atoms with Crippen LogP contribution in [-0.4, -0.2) is 32.6 Å². The molecule has 142 valence electrons. The molecule has 0 spiro atoms. The van der Waals surface area contributed by atoms with Gasteiger partial charge in [0.15, 0.2) is 0 Å². The lowest BCUT2D eigenvalue weighted by Crippen LogP contribution is -2.15. The van der Waals surface area contributed by atoms with E-state index in [9.17, 15) is 9.59 Å². The minimum atomic E-state index is -0.452. The first kappa shape index (κ1) is 19.8. The van der Waals surface area contributed by atoms with Gasteiger partial charge in [-0.2, -0.15) is 0 Å². The van der Waals surface area contributed by atoms with Crippen LogP contribution in [0.25, 0.3) is 6.08 Å². The van der Waals surface area contributed by atoms with Crippen molar-refractivity contribution < 1.29 is 23.8 Å². The number of hydrogen-bond donors (Lipinski definition) is 2. The summed E-state index contributed by atoms with van der Waals surface area (Å²) < 4.78 is 16.0. The fourth-order valence-corrected chi connectivity index (χ4v) is 2.27. The van der Waals surface area contributed by atoms with Gasteiger partial charge < -0.3 is 25.3 Å². The Hall–Kier alpha value is -3.48. The van der Waals surface area contributed by atoms with Crippen molar-refractivity contribution in [2.24, 2.45) is 5.73 Å². The second-order valence-electron chi connectivity index (χ2n) is 5.49. The minimum Gasteiger partial charge on any atom is -0.497 e. The molecule has 0 saturated heterocycles. The van der Waals surface area contributed by atoms with E-state index < -0.39 is 5.91 Å². The molecule has 27 heavy (non-hydrogen) atoms. The van der Waals surface area contributed by atoms with E-state index in [0.29, 0.717) is 28.5 Å². The van der Waals surface area contributed by atoms with Crippen molar-refractivity contribution >= 4 is 23.6 Å². The lowest BCUT2D eigenvalue weighted by atomic mass is 10.1. The van der Waals surface area contributed by atoms with Crippen molar-refractivity contribution in [3.63, 3.8) is 0 Å². The number of amides is 2. The zero-order valence-corrected chi connectivity index (χ0v) is 15.2. The molecule has 0 aromatic heterocycles. The van der Waals surface area contributed by atoms with E-state index in [0.717, 1.165) is 0 Å². The Labute approximate surface area is 157 Å². The van der Waals surface area contributed by atoms with Gasteiger partial charge in [0.25, 0.3) is 0 Å². The number of anilines is 1. The summed E-state index contributed by atoms with van der Waals surface area (Å²) in [6.07, 6.45) is 3.11. The van der Waals surface area contributed by atoms with Gasteiger partial charge in [-0.3, -0.25) is 9.59 Å². The Kier molecular flexibility index (Phi) is 7.25. The highest BCUT2D eigenvalue weighted by atomic mass is 16.5. The fraction of sp³-hybridized carbons (Fsp3) is 0.200. The third-order valence-electron chi connectivity index (χ3n) is 3.60. The number of benzene rings is 2.